The minimum absolute atomic E-state index is 0.279. The molecule has 0 unspecified atom stereocenters. The number of hydrogen-bond acceptors (Lipinski definition) is 3. The van der Waals surface area contributed by atoms with Crippen LogP contribution in [0.15, 0.2) is 30.5 Å². The molecule has 0 saturated carbocycles. The maximum absolute atomic E-state index is 13.2. The van der Waals surface area contributed by atoms with Gasteiger partial charge < -0.3 is 10.1 Å². The summed E-state index contributed by atoms with van der Waals surface area (Å²) in [6.45, 7) is 3.33. The van der Waals surface area contributed by atoms with Gasteiger partial charge in [-0.3, -0.25) is 14.5 Å². The van der Waals surface area contributed by atoms with Crippen LogP contribution in [0.25, 0.3) is 10.9 Å². The van der Waals surface area contributed by atoms with E-state index < -0.39 is 12.1 Å². The van der Waals surface area contributed by atoms with Gasteiger partial charge in [-0.15, -0.1) is 0 Å². The first-order valence-corrected chi connectivity index (χ1v) is 9.60. The summed E-state index contributed by atoms with van der Waals surface area (Å²) in [6.07, 6.45) is 4.46. The number of carbonyl (C=O) groups excluding carboxylic acids is 1. The van der Waals surface area contributed by atoms with Crippen LogP contribution in [0, 0.1) is 0 Å². The number of hydrogen-bond donors (Lipinski definition) is 2. The van der Waals surface area contributed by atoms with E-state index >= 15 is 0 Å². The predicted octanol–water partition coefficient (Wildman–Crippen LogP) is 3.41. The first kappa shape index (κ1) is 19.2. The normalized spacial score (nSPS) is 15.7. The van der Waals surface area contributed by atoms with Gasteiger partial charge in [0.05, 0.1) is 6.61 Å². The number of amides is 2. The Morgan fingerprint density at radius 2 is 2.15 bits per heavy atom. The smallest absolute Gasteiger partial charge is 0.407 e. The van der Waals surface area contributed by atoms with E-state index in [0.717, 1.165) is 35.7 Å². The maximum Gasteiger partial charge on any atom is 0.407 e. The minimum Gasteiger partial charge on any atom is -0.465 e. The molecule has 1 aromatic heterocycles. The van der Waals surface area contributed by atoms with Gasteiger partial charge in [-0.05, 0) is 30.9 Å². The summed E-state index contributed by atoms with van der Waals surface area (Å²) in [5.41, 5.74) is 1.91. The number of nitrogens with zero attached hydrogens (tertiary/aromatic N) is 2. The number of rotatable bonds is 7. The summed E-state index contributed by atoms with van der Waals surface area (Å²) in [5, 5.41) is 12.1. The van der Waals surface area contributed by atoms with E-state index in [1.807, 2.05) is 37.4 Å². The van der Waals surface area contributed by atoms with Gasteiger partial charge in [0.15, 0.2) is 0 Å². The van der Waals surface area contributed by atoms with Gasteiger partial charge in [-0.2, -0.15) is 0 Å². The molecular formula is C20H27N3O4. The van der Waals surface area contributed by atoms with Crippen molar-refractivity contribution >= 4 is 22.9 Å². The van der Waals surface area contributed by atoms with E-state index in [-0.39, 0.29) is 5.91 Å². The van der Waals surface area contributed by atoms with Crippen molar-refractivity contribution in [3.8, 4) is 0 Å². The predicted molar refractivity (Wildman–Crippen MR) is 102 cm³/mol. The van der Waals surface area contributed by atoms with Gasteiger partial charge in [0.1, 0.15) is 6.04 Å². The highest BCUT2D eigenvalue weighted by Gasteiger charge is 2.34. The zero-order chi connectivity index (χ0) is 19.2. The number of aromatic amines is 1. The number of fused-ring (bicyclic) bond motifs is 1. The summed E-state index contributed by atoms with van der Waals surface area (Å²) in [5.74, 6) is -0.279. The summed E-state index contributed by atoms with van der Waals surface area (Å²) < 4.78 is 0. The SMILES string of the molecule is CCCCN(C(=O)O)[C@@H](Cc1c[nH]c2ccccc12)C(=O)N1CCCCO1. The molecule has 1 aromatic carbocycles. The molecule has 1 atom stereocenters. The number of unbranched alkanes of at least 4 members (excludes halogenated alkanes) is 1. The zero-order valence-corrected chi connectivity index (χ0v) is 15.7. The Balaban J connectivity index is 1.90. The molecule has 3 rings (SSSR count). The fraction of sp³-hybridized carbons (Fsp3) is 0.500. The van der Waals surface area contributed by atoms with Gasteiger partial charge in [-0.1, -0.05) is 31.5 Å². The monoisotopic (exact) mass is 373 g/mol. The van der Waals surface area contributed by atoms with Gasteiger partial charge in [-0.25, -0.2) is 9.86 Å². The van der Waals surface area contributed by atoms with Crippen molar-refractivity contribution in [3.63, 3.8) is 0 Å². The molecule has 27 heavy (non-hydrogen) atoms. The van der Waals surface area contributed by atoms with Crippen molar-refractivity contribution in [1.29, 1.82) is 0 Å². The highest BCUT2D eigenvalue weighted by molar-refractivity contribution is 5.87. The van der Waals surface area contributed by atoms with Crippen LogP contribution < -0.4 is 0 Å². The lowest BCUT2D eigenvalue weighted by atomic mass is 10.0. The third kappa shape index (κ3) is 4.42. The van der Waals surface area contributed by atoms with Crippen molar-refractivity contribution in [3.05, 3.63) is 36.0 Å². The van der Waals surface area contributed by atoms with Crippen LogP contribution in [0.3, 0.4) is 0 Å². The largest absolute Gasteiger partial charge is 0.465 e. The number of aromatic nitrogens is 1. The summed E-state index contributed by atoms with van der Waals surface area (Å²) >= 11 is 0. The van der Waals surface area contributed by atoms with Crippen molar-refractivity contribution in [2.24, 2.45) is 0 Å². The maximum atomic E-state index is 13.2. The second kappa shape index (κ2) is 8.90. The summed E-state index contributed by atoms with van der Waals surface area (Å²) in [4.78, 5) is 35.1. The number of hydroxylamine groups is 2. The van der Waals surface area contributed by atoms with Gasteiger partial charge >= 0.3 is 6.09 Å². The lowest BCUT2D eigenvalue weighted by Crippen LogP contribution is -2.53. The van der Waals surface area contributed by atoms with Crippen LogP contribution >= 0.6 is 0 Å². The first-order chi connectivity index (χ1) is 13.1. The molecule has 7 heteroatoms. The Morgan fingerprint density at radius 3 is 2.85 bits per heavy atom. The van der Waals surface area contributed by atoms with E-state index in [0.29, 0.717) is 32.5 Å². The third-order valence-electron chi connectivity index (χ3n) is 5.00. The molecule has 1 saturated heterocycles. The topological polar surface area (TPSA) is 85.9 Å². The molecular weight excluding hydrogens is 346 g/mol. The second-order valence-electron chi connectivity index (χ2n) is 6.89. The Bertz CT molecular complexity index is 782. The number of benzene rings is 1. The van der Waals surface area contributed by atoms with Gasteiger partial charge in [0.2, 0.25) is 0 Å². The number of carbonyl (C=O) groups is 2. The number of H-pyrrole nitrogens is 1. The first-order valence-electron chi connectivity index (χ1n) is 9.60. The van der Waals surface area contributed by atoms with Crippen LogP contribution in [0.1, 0.15) is 38.2 Å². The second-order valence-corrected chi connectivity index (χ2v) is 6.89. The van der Waals surface area contributed by atoms with Gasteiger partial charge in [0.25, 0.3) is 5.91 Å². The lowest BCUT2D eigenvalue weighted by molar-refractivity contribution is -0.201. The van der Waals surface area contributed by atoms with E-state index in [9.17, 15) is 14.7 Å². The molecule has 1 aliphatic heterocycles. The quantitative estimate of drug-likeness (QED) is 0.779. The van der Waals surface area contributed by atoms with E-state index in [1.54, 1.807) is 0 Å². The fourth-order valence-electron chi connectivity index (χ4n) is 3.49. The molecule has 2 heterocycles. The highest BCUT2D eigenvalue weighted by Crippen LogP contribution is 2.22. The van der Waals surface area contributed by atoms with Crippen molar-refractivity contribution in [2.45, 2.75) is 45.1 Å². The average Bonchev–Trinajstić information content (AvgIpc) is 3.10. The minimum atomic E-state index is -1.07. The Labute approximate surface area is 158 Å². The molecule has 2 N–H and O–H groups in total. The molecule has 0 aliphatic carbocycles. The lowest BCUT2D eigenvalue weighted by Gasteiger charge is -2.34. The standard InChI is InChI=1S/C20H27N3O4/c1-2-3-10-22(20(25)26)18(19(24)23-11-6-7-12-27-23)13-15-14-21-17-9-5-4-8-16(15)17/h4-5,8-9,14,18,21H,2-3,6-7,10-13H2,1H3,(H,25,26)/t18-/m0/s1. The number of para-hydroxylation sites is 1. The van der Waals surface area contributed by atoms with Crippen LogP contribution in [-0.2, 0) is 16.1 Å². The zero-order valence-electron chi connectivity index (χ0n) is 15.7. The molecule has 0 spiro atoms. The molecule has 2 aromatic rings. The Morgan fingerprint density at radius 1 is 1.33 bits per heavy atom. The van der Waals surface area contributed by atoms with Crippen LogP contribution in [0.4, 0.5) is 4.79 Å². The van der Waals surface area contributed by atoms with Crippen LogP contribution in [0.2, 0.25) is 0 Å². The van der Waals surface area contributed by atoms with E-state index in [2.05, 4.69) is 4.98 Å². The Hall–Kier alpha value is -2.54. The Kier molecular flexibility index (Phi) is 6.34. The third-order valence-corrected chi connectivity index (χ3v) is 5.00. The van der Waals surface area contributed by atoms with Crippen LogP contribution in [0.5, 0.6) is 0 Å². The van der Waals surface area contributed by atoms with E-state index in [4.69, 9.17) is 4.84 Å². The summed E-state index contributed by atoms with van der Waals surface area (Å²) in [7, 11) is 0. The summed E-state index contributed by atoms with van der Waals surface area (Å²) in [6, 6.07) is 7.03. The average molecular weight is 373 g/mol. The fourth-order valence-corrected chi connectivity index (χ4v) is 3.49. The molecule has 1 fully saturated rings. The molecule has 7 nitrogen and oxygen atoms in total. The van der Waals surface area contributed by atoms with Gasteiger partial charge in [0, 0.05) is 36.6 Å². The van der Waals surface area contributed by atoms with Crippen LogP contribution in [-0.4, -0.2) is 57.8 Å². The molecule has 2 amide bonds. The molecule has 1 aliphatic rings. The number of carboxylic acid groups (broad SMARTS) is 1. The van der Waals surface area contributed by atoms with Crippen molar-refractivity contribution in [2.75, 3.05) is 19.7 Å². The van der Waals surface area contributed by atoms with E-state index in [1.165, 1.54) is 9.96 Å². The highest BCUT2D eigenvalue weighted by atomic mass is 16.7. The van der Waals surface area contributed by atoms with Crippen molar-refractivity contribution in [1.82, 2.24) is 14.9 Å². The molecule has 0 radical (unpaired) electrons. The van der Waals surface area contributed by atoms with Crippen molar-refractivity contribution < 1.29 is 19.5 Å². The molecule has 146 valence electrons. The molecule has 0 bridgehead atoms. The number of nitrogens with one attached hydrogen (secondary N) is 1.